The number of carbonyl (C=O) groups is 1. The van der Waals surface area contributed by atoms with Crippen LogP contribution in [0.3, 0.4) is 0 Å². The lowest BCUT2D eigenvalue weighted by molar-refractivity contribution is -0.137. The Morgan fingerprint density at radius 1 is 1.13 bits per heavy atom. The number of imidazole rings is 1. The summed E-state index contributed by atoms with van der Waals surface area (Å²) in [5.41, 5.74) is 3.11. The molecule has 158 valence electrons. The van der Waals surface area contributed by atoms with E-state index in [2.05, 4.69) is 20.3 Å². The Morgan fingerprint density at radius 3 is 2.58 bits per heavy atom. The second-order valence-corrected chi connectivity index (χ2v) is 6.88. The van der Waals surface area contributed by atoms with Crippen molar-refractivity contribution in [3.8, 4) is 17.1 Å². The van der Waals surface area contributed by atoms with E-state index in [1.165, 1.54) is 12.1 Å². The maximum atomic E-state index is 12.6. The molecule has 1 amide bonds. The fourth-order valence-corrected chi connectivity index (χ4v) is 3.09. The first-order valence-corrected chi connectivity index (χ1v) is 9.30. The van der Waals surface area contributed by atoms with Crippen molar-refractivity contribution in [2.75, 3.05) is 11.9 Å². The predicted molar refractivity (Wildman–Crippen MR) is 110 cm³/mol. The third kappa shape index (κ3) is 4.66. The number of aryl methyl sites for hydroxylation is 1. The van der Waals surface area contributed by atoms with E-state index in [1.54, 1.807) is 24.7 Å². The van der Waals surface area contributed by atoms with Crippen LogP contribution in [-0.2, 0) is 11.0 Å². The minimum Gasteiger partial charge on any atom is -0.484 e. The summed E-state index contributed by atoms with van der Waals surface area (Å²) in [6.07, 6.45) is -1.14. The van der Waals surface area contributed by atoms with Crippen LogP contribution < -0.4 is 10.1 Å². The van der Waals surface area contributed by atoms with Gasteiger partial charge < -0.3 is 15.0 Å². The largest absolute Gasteiger partial charge is 0.484 e. The van der Waals surface area contributed by atoms with Crippen LogP contribution in [0.5, 0.6) is 5.75 Å². The van der Waals surface area contributed by atoms with Crippen LogP contribution >= 0.6 is 0 Å². The number of hydrogen-bond donors (Lipinski definition) is 2. The smallest absolute Gasteiger partial charge is 0.416 e. The highest BCUT2D eigenvalue weighted by Gasteiger charge is 2.30. The zero-order valence-corrected chi connectivity index (χ0v) is 16.3. The van der Waals surface area contributed by atoms with E-state index in [0.717, 1.165) is 40.0 Å². The number of carbonyl (C=O) groups excluding carboxylic acids is 1. The number of aromatic nitrogens is 3. The Labute approximate surface area is 175 Å². The van der Waals surface area contributed by atoms with Gasteiger partial charge in [0.1, 0.15) is 5.75 Å². The standard InChI is InChI=1S/C22H17F3N4O2/c1-13-8-19(20-10-26-12-27-20)29-18-7-4-15(9-17(13)18)28-21(30)11-31-16-5-2-14(3-6-16)22(23,24)25/h2-10,12H,11H2,1H3,(H,26,27)(H,28,30). The lowest BCUT2D eigenvalue weighted by Crippen LogP contribution is -2.20. The molecule has 0 aliphatic heterocycles. The summed E-state index contributed by atoms with van der Waals surface area (Å²) in [5.74, 6) is -0.257. The number of halogens is 3. The average Bonchev–Trinajstić information content (AvgIpc) is 3.27. The van der Waals surface area contributed by atoms with Gasteiger partial charge in [-0.2, -0.15) is 13.2 Å². The maximum Gasteiger partial charge on any atom is 0.416 e. The number of anilines is 1. The SMILES string of the molecule is Cc1cc(-c2cnc[nH]2)nc2ccc(NC(=O)COc3ccc(C(F)(F)F)cc3)cc12. The van der Waals surface area contributed by atoms with Crippen LogP contribution in [0.15, 0.2) is 61.1 Å². The number of rotatable bonds is 5. The highest BCUT2D eigenvalue weighted by atomic mass is 19.4. The number of ether oxygens (including phenoxy) is 1. The van der Waals surface area contributed by atoms with E-state index >= 15 is 0 Å². The molecule has 2 heterocycles. The average molecular weight is 426 g/mol. The molecule has 0 aliphatic carbocycles. The second-order valence-electron chi connectivity index (χ2n) is 6.88. The number of benzene rings is 2. The topological polar surface area (TPSA) is 79.9 Å². The van der Waals surface area contributed by atoms with Crippen molar-refractivity contribution in [3.05, 3.63) is 72.2 Å². The molecule has 4 rings (SSSR count). The van der Waals surface area contributed by atoms with E-state index < -0.39 is 17.6 Å². The van der Waals surface area contributed by atoms with Crippen LogP contribution in [-0.4, -0.2) is 27.5 Å². The Bertz CT molecular complexity index is 1220. The van der Waals surface area contributed by atoms with E-state index in [1.807, 2.05) is 19.1 Å². The quantitative estimate of drug-likeness (QED) is 0.472. The number of nitrogens with zero attached hydrogens (tertiary/aromatic N) is 2. The number of aromatic amines is 1. The predicted octanol–water partition coefficient (Wildman–Crippen LogP) is 4.97. The molecule has 6 nitrogen and oxygen atoms in total. The van der Waals surface area contributed by atoms with Crippen LogP contribution in [0, 0.1) is 6.92 Å². The van der Waals surface area contributed by atoms with Gasteiger partial charge in [0.25, 0.3) is 5.91 Å². The normalized spacial score (nSPS) is 11.5. The minimum absolute atomic E-state index is 0.174. The van der Waals surface area contributed by atoms with Crippen molar-refractivity contribution in [1.82, 2.24) is 15.0 Å². The maximum absolute atomic E-state index is 12.6. The van der Waals surface area contributed by atoms with Gasteiger partial charge in [-0.1, -0.05) is 0 Å². The van der Waals surface area contributed by atoms with Gasteiger partial charge in [0.15, 0.2) is 6.61 Å². The first-order valence-electron chi connectivity index (χ1n) is 9.30. The first-order chi connectivity index (χ1) is 14.8. The molecule has 0 aliphatic rings. The van der Waals surface area contributed by atoms with Gasteiger partial charge in [-0.15, -0.1) is 0 Å². The molecule has 0 fully saturated rings. The molecule has 0 unspecified atom stereocenters. The number of amides is 1. The van der Waals surface area contributed by atoms with Gasteiger partial charge in [0.2, 0.25) is 0 Å². The number of H-pyrrole nitrogens is 1. The summed E-state index contributed by atoms with van der Waals surface area (Å²) < 4.78 is 43.1. The fourth-order valence-electron chi connectivity index (χ4n) is 3.09. The Balaban J connectivity index is 1.42. The van der Waals surface area contributed by atoms with Crippen molar-refractivity contribution in [2.45, 2.75) is 13.1 Å². The zero-order chi connectivity index (χ0) is 22.0. The molecule has 2 aromatic heterocycles. The number of alkyl halides is 3. The van der Waals surface area contributed by atoms with Crippen LogP contribution in [0.2, 0.25) is 0 Å². The van der Waals surface area contributed by atoms with E-state index in [0.29, 0.717) is 5.69 Å². The van der Waals surface area contributed by atoms with Gasteiger partial charge in [0, 0.05) is 11.1 Å². The summed E-state index contributed by atoms with van der Waals surface area (Å²) in [7, 11) is 0. The lowest BCUT2D eigenvalue weighted by atomic mass is 10.1. The van der Waals surface area contributed by atoms with E-state index in [4.69, 9.17) is 4.74 Å². The van der Waals surface area contributed by atoms with Gasteiger partial charge >= 0.3 is 6.18 Å². The van der Waals surface area contributed by atoms with Crippen LogP contribution in [0.4, 0.5) is 18.9 Å². The van der Waals surface area contributed by atoms with Crippen molar-refractivity contribution in [3.63, 3.8) is 0 Å². The molecular weight excluding hydrogens is 409 g/mol. The van der Waals surface area contributed by atoms with E-state index in [9.17, 15) is 18.0 Å². The van der Waals surface area contributed by atoms with E-state index in [-0.39, 0.29) is 12.4 Å². The van der Waals surface area contributed by atoms with Gasteiger partial charge in [-0.25, -0.2) is 9.97 Å². The molecule has 0 atom stereocenters. The summed E-state index contributed by atoms with van der Waals surface area (Å²) in [4.78, 5) is 23.8. The van der Waals surface area contributed by atoms with Crippen LogP contribution in [0.1, 0.15) is 11.1 Å². The molecule has 0 spiro atoms. The molecule has 0 saturated heterocycles. The summed E-state index contributed by atoms with van der Waals surface area (Å²) >= 11 is 0. The first kappa shape index (κ1) is 20.4. The highest BCUT2D eigenvalue weighted by Crippen LogP contribution is 2.30. The summed E-state index contributed by atoms with van der Waals surface area (Å²) in [6.45, 7) is 1.61. The molecule has 0 saturated carbocycles. The van der Waals surface area contributed by atoms with Crippen molar-refractivity contribution >= 4 is 22.5 Å². The zero-order valence-electron chi connectivity index (χ0n) is 16.3. The Hall–Kier alpha value is -3.88. The summed E-state index contributed by atoms with van der Waals surface area (Å²) in [5, 5.41) is 3.60. The molecule has 31 heavy (non-hydrogen) atoms. The highest BCUT2D eigenvalue weighted by molar-refractivity contribution is 5.95. The second kappa shape index (κ2) is 8.10. The van der Waals surface area contributed by atoms with Crippen LogP contribution in [0.25, 0.3) is 22.3 Å². The molecule has 4 aromatic rings. The minimum atomic E-state index is -4.42. The number of pyridine rings is 1. The third-order valence-corrected chi connectivity index (χ3v) is 4.63. The van der Waals surface area contributed by atoms with Crippen molar-refractivity contribution in [2.24, 2.45) is 0 Å². The number of nitrogens with one attached hydrogen (secondary N) is 2. The van der Waals surface area contributed by atoms with Gasteiger partial charge in [-0.05, 0) is 61.0 Å². The monoisotopic (exact) mass is 426 g/mol. The van der Waals surface area contributed by atoms with Gasteiger partial charge in [0.05, 0.1) is 35.0 Å². The van der Waals surface area contributed by atoms with Crippen molar-refractivity contribution < 1.29 is 22.7 Å². The van der Waals surface area contributed by atoms with Gasteiger partial charge in [-0.3, -0.25) is 4.79 Å². The molecule has 2 aromatic carbocycles. The fraction of sp³-hybridized carbons (Fsp3) is 0.136. The lowest BCUT2D eigenvalue weighted by Gasteiger charge is -2.11. The van der Waals surface area contributed by atoms with Crippen molar-refractivity contribution in [1.29, 1.82) is 0 Å². The molecular formula is C22H17F3N4O2. The molecule has 2 N–H and O–H groups in total. The number of fused-ring (bicyclic) bond motifs is 1. The Morgan fingerprint density at radius 2 is 1.90 bits per heavy atom. The molecule has 9 heteroatoms. The molecule has 0 radical (unpaired) electrons. The molecule has 0 bridgehead atoms. The third-order valence-electron chi connectivity index (χ3n) is 4.63. The number of hydrogen-bond acceptors (Lipinski definition) is 4. The summed E-state index contributed by atoms with van der Waals surface area (Å²) in [6, 6.07) is 11.4. The Kier molecular flexibility index (Phi) is 5.33.